The van der Waals surface area contributed by atoms with Crippen LogP contribution in [0.1, 0.15) is 40.7 Å². The highest BCUT2D eigenvalue weighted by molar-refractivity contribution is 5.95. The first-order valence-corrected chi connectivity index (χ1v) is 8.94. The number of esters is 1. The Morgan fingerprint density at radius 2 is 1.78 bits per heavy atom. The molecule has 27 heavy (non-hydrogen) atoms. The van der Waals surface area contributed by atoms with Gasteiger partial charge < -0.3 is 20.3 Å². The summed E-state index contributed by atoms with van der Waals surface area (Å²) in [5.74, 6) is -2.18. The highest BCUT2D eigenvalue weighted by Crippen LogP contribution is 2.43. The zero-order chi connectivity index (χ0) is 19.4. The van der Waals surface area contributed by atoms with Crippen LogP contribution in [0.15, 0.2) is 42.5 Å². The van der Waals surface area contributed by atoms with Crippen molar-refractivity contribution in [2.45, 2.75) is 31.6 Å². The summed E-state index contributed by atoms with van der Waals surface area (Å²) in [7, 11) is 0. The summed E-state index contributed by atoms with van der Waals surface area (Å²) in [6.45, 7) is 1.64. The molecule has 1 aliphatic carbocycles. The number of aromatic hydroxyl groups is 2. The van der Waals surface area contributed by atoms with Crippen LogP contribution >= 0.6 is 0 Å². The second-order valence-electron chi connectivity index (χ2n) is 6.98. The van der Waals surface area contributed by atoms with E-state index >= 15 is 0 Å². The molecule has 6 heteroatoms. The number of ether oxygens (including phenoxy) is 1. The van der Waals surface area contributed by atoms with Gasteiger partial charge in [0.15, 0.2) is 18.1 Å². The van der Waals surface area contributed by atoms with Gasteiger partial charge in [0.05, 0.1) is 0 Å². The lowest BCUT2D eigenvalue weighted by Gasteiger charge is -2.42. The number of hydrogen-bond donors (Lipinski definition) is 3. The van der Waals surface area contributed by atoms with Crippen molar-refractivity contribution < 1.29 is 24.5 Å². The number of hydrogen-bond acceptors (Lipinski definition) is 5. The maximum Gasteiger partial charge on any atom is 0.342 e. The third-order valence-electron chi connectivity index (χ3n) is 5.23. The molecule has 0 aliphatic heterocycles. The van der Waals surface area contributed by atoms with Gasteiger partial charge in [-0.1, -0.05) is 42.8 Å². The molecule has 0 bridgehead atoms. The van der Waals surface area contributed by atoms with Crippen molar-refractivity contribution in [3.8, 4) is 11.5 Å². The Hall–Kier alpha value is -3.02. The van der Waals surface area contributed by atoms with Gasteiger partial charge in [-0.3, -0.25) is 4.79 Å². The Morgan fingerprint density at radius 1 is 1.07 bits per heavy atom. The molecule has 2 aromatic rings. The van der Waals surface area contributed by atoms with Gasteiger partial charge in [-0.25, -0.2) is 4.79 Å². The van der Waals surface area contributed by atoms with E-state index in [0.717, 1.165) is 19.3 Å². The number of rotatable bonds is 6. The summed E-state index contributed by atoms with van der Waals surface area (Å²) in [4.78, 5) is 24.2. The van der Waals surface area contributed by atoms with Crippen LogP contribution in [-0.2, 0) is 14.9 Å². The lowest BCUT2D eigenvalue weighted by atomic mass is 9.64. The number of nitrogens with one attached hydrogen (secondary N) is 1. The predicted octanol–water partition coefficient (Wildman–Crippen LogP) is 2.80. The molecule has 2 aromatic carbocycles. The normalized spacial score (nSPS) is 14.9. The van der Waals surface area contributed by atoms with Crippen molar-refractivity contribution in [3.63, 3.8) is 0 Å². The van der Waals surface area contributed by atoms with E-state index in [4.69, 9.17) is 4.74 Å². The second kappa shape index (κ2) is 7.70. The first-order valence-electron chi connectivity index (χ1n) is 8.94. The van der Waals surface area contributed by atoms with E-state index in [1.165, 1.54) is 17.7 Å². The quantitative estimate of drug-likeness (QED) is 0.537. The molecular formula is C21H23NO5. The minimum absolute atomic E-state index is 0.0536. The van der Waals surface area contributed by atoms with Gasteiger partial charge in [-0.05, 0) is 37.0 Å². The molecule has 6 nitrogen and oxygen atoms in total. The first kappa shape index (κ1) is 18.8. The van der Waals surface area contributed by atoms with Crippen LogP contribution in [0.5, 0.6) is 11.5 Å². The molecule has 1 saturated carbocycles. The van der Waals surface area contributed by atoms with E-state index in [1.54, 1.807) is 6.92 Å². The van der Waals surface area contributed by atoms with Crippen LogP contribution in [0.2, 0.25) is 0 Å². The Labute approximate surface area is 157 Å². The van der Waals surface area contributed by atoms with E-state index in [2.05, 4.69) is 17.4 Å². The maximum absolute atomic E-state index is 12.1. The summed E-state index contributed by atoms with van der Waals surface area (Å²) < 4.78 is 4.97. The molecule has 0 atom stereocenters. The minimum atomic E-state index is -0.862. The smallest absolute Gasteiger partial charge is 0.342 e. The van der Waals surface area contributed by atoms with Gasteiger partial charge >= 0.3 is 5.97 Å². The molecule has 142 valence electrons. The fraction of sp³-hybridized carbons (Fsp3) is 0.333. The van der Waals surface area contributed by atoms with Crippen LogP contribution in [0.4, 0.5) is 0 Å². The Bertz CT molecular complexity index is 843. The summed E-state index contributed by atoms with van der Waals surface area (Å²) in [6.07, 6.45) is 3.14. The number of phenolic OH excluding ortho intramolecular Hbond substituents is 2. The molecule has 0 heterocycles. The van der Waals surface area contributed by atoms with Crippen LogP contribution < -0.4 is 5.32 Å². The van der Waals surface area contributed by atoms with Crippen molar-refractivity contribution in [3.05, 3.63) is 59.2 Å². The fourth-order valence-electron chi connectivity index (χ4n) is 3.34. The number of carbonyl (C=O) groups excluding carboxylic acids is 2. The third-order valence-corrected chi connectivity index (χ3v) is 5.23. The third kappa shape index (κ3) is 3.89. The number of carbonyl (C=O) groups is 2. The lowest BCUT2D eigenvalue weighted by molar-refractivity contribution is -0.124. The lowest BCUT2D eigenvalue weighted by Crippen LogP contribution is -2.46. The SMILES string of the molecule is Cc1ccc(C(=O)OCC(=O)NCC2(c3ccccc3)CCC2)c(O)c1O. The average molecular weight is 369 g/mol. The first-order chi connectivity index (χ1) is 12.9. The van der Waals surface area contributed by atoms with Gasteiger partial charge in [0, 0.05) is 12.0 Å². The Balaban J connectivity index is 1.54. The molecule has 0 spiro atoms. The number of aryl methyl sites for hydroxylation is 1. The molecule has 0 radical (unpaired) electrons. The monoisotopic (exact) mass is 369 g/mol. The highest BCUT2D eigenvalue weighted by atomic mass is 16.5. The summed E-state index contributed by atoms with van der Waals surface area (Å²) in [5.41, 5.74) is 1.41. The van der Waals surface area contributed by atoms with Crippen molar-refractivity contribution in [2.24, 2.45) is 0 Å². The average Bonchev–Trinajstić information content (AvgIpc) is 2.64. The predicted molar refractivity (Wildman–Crippen MR) is 99.8 cm³/mol. The van der Waals surface area contributed by atoms with Crippen molar-refractivity contribution in [1.29, 1.82) is 0 Å². The molecule has 1 aliphatic rings. The van der Waals surface area contributed by atoms with Gasteiger partial charge in [0.1, 0.15) is 5.56 Å². The van der Waals surface area contributed by atoms with E-state index in [-0.39, 0.29) is 16.7 Å². The molecule has 0 saturated heterocycles. The summed E-state index contributed by atoms with van der Waals surface area (Å²) in [5, 5.41) is 22.4. The standard InChI is InChI=1S/C21H23NO5/c1-14-8-9-16(19(25)18(14)24)20(26)27-12-17(23)22-13-21(10-5-11-21)15-6-3-2-4-7-15/h2-4,6-9,24-25H,5,10-13H2,1H3,(H,22,23). The molecule has 3 rings (SSSR count). The Kier molecular flexibility index (Phi) is 5.35. The summed E-state index contributed by atoms with van der Waals surface area (Å²) >= 11 is 0. The van der Waals surface area contributed by atoms with E-state index < -0.39 is 24.2 Å². The molecule has 0 aromatic heterocycles. The van der Waals surface area contributed by atoms with E-state index in [9.17, 15) is 19.8 Å². The molecule has 0 unspecified atom stereocenters. The Morgan fingerprint density at radius 3 is 2.41 bits per heavy atom. The maximum atomic E-state index is 12.1. The number of phenols is 2. The van der Waals surface area contributed by atoms with Crippen LogP contribution in [-0.4, -0.2) is 35.2 Å². The topological polar surface area (TPSA) is 95.9 Å². The van der Waals surface area contributed by atoms with Crippen molar-refractivity contribution in [1.82, 2.24) is 5.32 Å². The number of amides is 1. The van der Waals surface area contributed by atoms with Gasteiger partial charge in [-0.15, -0.1) is 0 Å². The van der Waals surface area contributed by atoms with Gasteiger partial charge in [0.2, 0.25) is 0 Å². The molecule has 1 amide bonds. The highest BCUT2D eigenvalue weighted by Gasteiger charge is 2.38. The fourth-order valence-corrected chi connectivity index (χ4v) is 3.34. The minimum Gasteiger partial charge on any atom is -0.504 e. The van der Waals surface area contributed by atoms with Gasteiger partial charge in [-0.2, -0.15) is 0 Å². The zero-order valence-corrected chi connectivity index (χ0v) is 15.2. The molecule has 3 N–H and O–H groups in total. The van der Waals surface area contributed by atoms with Crippen LogP contribution in [0, 0.1) is 6.92 Å². The van der Waals surface area contributed by atoms with Gasteiger partial charge in [0.25, 0.3) is 5.91 Å². The largest absolute Gasteiger partial charge is 0.504 e. The molecular weight excluding hydrogens is 346 g/mol. The second-order valence-corrected chi connectivity index (χ2v) is 6.98. The zero-order valence-electron chi connectivity index (χ0n) is 15.2. The van der Waals surface area contributed by atoms with Crippen molar-refractivity contribution >= 4 is 11.9 Å². The summed E-state index contributed by atoms with van der Waals surface area (Å²) in [6, 6.07) is 12.9. The number of benzene rings is 2. The van der Waals surface area contributed by atoms with Crippen LogP contribution in [0.3, 0.4) is 0 Å². The van der Waals surface area contributed by atoms with Crippen molar-refractivity contribution in [2.75, 3.05) is 13.2 Å². The van der Waals surface area contributed by atoms with Crippen LogP contribution in [0.25, 0.3) is 0 Å². The molecule has 1 fully saturated rings. The van der Waals surface area contributed by atoms with E-state index in [1.807, 2.05) is 18.2 Å². The van der Waals surface area contributed by atoms with E-state index in [0.29, 0.717) is 12.1 Å².